The number of rotatable bonds is 4. The third-order valence-electron chi connectivity index (χ3n) is 1.93. The number of hydrogen-bond donors (Lipinski definition) is 2. The highest BCUT2D eigenvalue weighted by atomic mass is 32.1. The van der Waals surface area contributed by atoms with Crippen molar-refractivity contribution in [1.29, 1.82) is 0 Å². The Morgan fingerprint density at radius 2 is 1.94 bits per heavy atom. The zero-order valence-electron chi connectivity index (χ0n) is 9.36. The van der Waals surface area contributed by atoms with Gasteiger partial charge in [-0.3, -0.25) is 4.79 Å². The highest BCUT2D eigenvalue weighted by Crippen LogP contribution is 2.10. The molecule has 0 radical (unpaired) electrons. The van der Waals surface area contributed by atoms with Crippen molar-refractivity contribution in [1.82, 2.24) is 4.90 Å². The summed E-state index contributed by atoms with van der Waals surface area (Å²) < 4.78 is 0. The highest BCUT2D eigenvalue weighted by Gasteiger charge is 2.06. The smallest absolute Gasteiger partial charge is 0.176 e. The predicted molar refractivity (Wildman–Crippen MR) is 69.7 cm³/mol. The van der Waals surface area contributed by atoms with Crippen LogP contribution in [0.1, 0.15) is 10.4 Å². The maximum absolute atomic E-state index is 11.7. The van der Waals surface area contributed by atoms with E-state index in [2.05, 4.69) is 5.32 Å². The van der Waals surface area contributed by atoms with Crippen LogP contribution in [0.2, 0.25) is 0 Å². The number of thiocarbonyl (C=S) groups is 1. The molecule has 1 aromatic rings. The van der Waals surface area contributed by atoms with Crippen LogP contribution >= 0.6 is 12.2 Å². The van der Waals surface area contributed by atoms with Crippen molar-refractivity contribution in [3.8, 4) is 0 Å². The number of nitrogens with zero attached hydrogens (tertiary/aromatic N) is 1. The lowest BCUT2D eigenvalue weighted by molar-refractivity contribution is 0.0958. The van der Waals surface area contributed by atoms with E-state index in [4.69, 9.17) is 18.0 Å². The summed E-state index contributed by atoms with van der Waals surface area (Å²) in [5, 5.41) is 3.01. The molecule has 0 heterocycles. The van der Waals surface area contributed by atoms with Gasteiger partial charge in [-0.1, -0.05) is 0 Å². The molecular formula is C11H15N3OS. The molecule has 5 heteroatoms. The van der Waals surface area contributed by atoms with E-state index in [-0.39, 0.29) is 10.9 Å². The van der Waals surface area contributed by atoms with Gasteiger partial charge in [0.1, 0.15) is 0 Å². The Kier molecular flexibility index (Phi) is 4.39. The molecule has 0 unspecified atom stereocenters. The molecule has 0 bridgehead atoms. The van der Waals surface area contributed by atoms with Crippen LogP contribution in [0.3, 0.4) is 0 Å². The van der Waals surface area contributed by atoms with Gasteiger partial charge in [0.15, 0.2) is 10.9 Å². The number of hydrogen-bond acceptors (Lipinski definition) is 3. The minimum atomic E-state index is 0.0897. The molecule has 4 nitrogen and oxygen atoms in total. The van der Waals surface area contributed by atoms with Crippen molar-refractivity contribution in [3.05, 3.63) is 29.8 Å². The fourth-order valence-corrected chi connectivity index (χ4v) is 1.38. The number of Topliss-reactive ketones (excluding diaryl/α,β-unsaturated/α-hetero) is 1. The average molecular weight is 237 g/mol. The fraction of sp³-hybridized carbons (Fsp3) is 0.273. The molecule has 0 aliphatic carbocycles. The summed E-state index contributed by atoms with van der Waals surface area (Å²) >= 11 is 4.71. The molecular weight excluding hydrogens is 222 g/mol. The van der Waals surface area contributed by atoms with Crippen molar-refractivity contribution in [2.45, 2.75) is 0 Å². The van der Waals surface area contributed by atoms with Gasteiger partial charge >= 0.3 is 0 Å². The van der Waals surface area contributed by atoms with Gasteiger partial charge in [0.2, 0.25) is 0 Å². The minimum absolute atomic E-state index is 0.0897. The Labute approximate surface area is 100 Å². The van der Waals surface area contributed by atoms with Crippen LogP contribution in [0.15, 0.2) is 24.3 Å². The standard InChI is InChI=1S/C11H15N3OS/c1-14(2)7-10(15)8-3-5-9(6-4-8)13-11(12)16/h3-6H,7H2,1-2H3,(H3,12,13,16). The van der Waals surface area contributed by atoms with E-state index in [1.165, 1.54) is 0 Å². The van der Waals surface area contributed by atoms with Crippen molar-refractivity contribution in [2.24, 2.45) is 5.73 Å². The third kappa shape index (κ3) is 3.96. The summed E-state index contributed by atoms with van der Waals surface area (Å²) in [4.78, 5) is 13.5. The second-order valence-corrected chi connectivity index (χ2v) is 4.17. The van der Waals surface area contributed by atoms with Crippen LogP contribution in [0.5, 0.6) is 0 Å². The van der Waals surface area contributed by atoms with E-state index in [1.807, 2.05) is 19.0 Å². The van der Waals surface area contributed by atoms with Crippen molar-refractivity contribution in [2.75, 3.05) is 26.0 Å². The maximum Gasteiger partial charge on any atom is 0.176 e. The molecule has 0 atom stereocenters. The number of carbonyl (C=O) groups excluding carboxylic acids is 1. The third-order valence-corrected chi connectivity index (χ3v) is 2.04. The molecule has 3 N–H and O–H groups in total. The second kappa shape index (κ2) is 5.58. The number of nitrogens with one attached hydrogen (secondary N) is 1. The zero-order chi connectivity index (χ0) is 12.1. The maximum atomic E-state index is 11.7. The lowest BCUT2D eigenvalue weighted by Gasteiger charge is -2.09. The Bertz CT molecular complexity index is 387. The largest absolute Gasteiger partial charge is 0.376 e. The van der Waals surface area contributed by atoms with Gasteiger partial charge in [-0.25, -0.2) is 0 Å². The van der Waals surface area contributed by atoms with E-state index in [0.717, 1.165) is 5.69 Å². The molecule has 0 aliphatic heterocycles. The molecule has 0 aliphatic rings. The second-order valence-electron chi connectivity index (χ2n) is 3.73. The van der Waals surface area contributed by atoms with E-state index >= 15 is 0 Å². The monoisotopic (exact) mass is 237 g/mol. The lowest BCUT2D eigenvalue weighted by Crippen LogP contribution is -2.22. The van der Waals surface area contributed by atoms with Crippen molar-refractivity contribution < 1.29 is 4.79 Å². The van der Waals surface area contributed by atoms with Gasteiger partial charge < -0.3 is 16.0 Å². The Morgan fingerprint density at radius 1 is 1.38 bits per heavy atom. The first-order valence-electron chi connectivity index (χ1n) is 4.83. The van der Waals surface area contributed by atoms with Crippen LogP contribution in [-0.4, -0.2) is 36.4 Å². The first kappa shape index (κ1) is 12.6. The molecule has 16 heavy (non-hydrogen) atoms. The summed E-state index contributed by atoms with van der Waals surface area (Å²) in [5.74, 6) is 0.0897. The predicted octanol–water partition coefficient (Wildman–Crippen LogP) is 1.09. The van der Waals surface area contributed by atoms with E-state index in [1.54, 1.807) is 24.3 Å². The topological polar surface area (TPSA) is 58.4 Å². The molecule has 0 spiro atoms. The molecule has 86 valence electrons. The van der Waals surface area contributed by atoms with Gasteiger partial charge in [0.25, 0.3) is 0 Å². The summed E-state index contributed by atoms with van der Waals surface area (Å²) in [5.41, 5.74) is 6.80. The number of nitrogens with two attached hydrogens (primary N) is 1. The summed E-state index contributed by atoms with van der Waals surface area (Å²) in [6, 6.07) is 7.07. The van der Waals surface area contributed by atoms with Crippen LogP contribution in [0.25, 0.3) is 0 Å². The summed E-state index contributed by atoms with van der Waals surface area (Å²) in [6.07, 6.45) is 0. The molecule has 0 saturated carbocycles. The Morgan fingerprint density at radius 3 is 2.38 bits per heavy atom. The summed E-state index contributed by atoms with van der Waals surface area (Å²) in [6.45, 7) is 0.405. The molecule has 0 aromatic heterocycles. The molecule has 0 fully saturated rings. The van der Waals surface area contributed by atoms with Gasteiger partial charge in [0, 0.05) is 11.3 Å². The first-order valence-corrected chi connectivity index (χ1v) is 5.24. The normalized spacial score (nSPS) is 10.2. The Balaban J connectivity index is 2.71. The van der Waals surface area contributed by atoms with Crippen molar-refractivity contribution >= 4 is 28.8 Å². The lowest BCUT2D eigenvalue weighted by atomic mass is 10.1. The number of benzene rings is 1. The quantitative estimate of drug-likeness (QED) is 0.606. The van der Waals surface area contributed by atoms with Gasteiger partial charge in [-0.15, -0.1) is 0 Å². The van der Waals surface area contributed by atoms with E-state index in [9.17, 15) is 4.79 Å². The van der Waals surface area contributed by atoms with Crippen LogP contribution < -0.4 is 11.1 Å². The SMILES string of the molecule is CN(C)CC(=O)c1ccc(NC(N)=S)cc1. The minimum Gasteiger partial charge on any atom is -0.376 e. The van der Waals surface area contributed by atoms with Crippen LogP contribution in [0.4, 0.5) is 5.69 Å². The van der Waals surface area contributed by atoms with Gasteiger partial charge in [-0.2, -0.15) is 0 Å². The van der Waals surface area contributed by atoms with Gasteiger partial charge in [-0.05, 0) is 50.6 Å². The van der Waals surface area contributed by atoms with Gasteiger partial charge in [0.05, 0.1) is 6.54 Å². The molecule has 1 rings (SSSR count). The zero-order valence-corrected chi connectivity index (χ0v) is 10.2. The number of likely N-dealkylation sites (N-methyl/N-ethyl adjacent to an activating group) is 1. The number of carbonyl (C=O) groups is 1. The number of ketones is 1. The van der Waals surface area contributed by atoms with Crippen molar-refractivity contribution in [3.63, 3.8) is 0 Å². The summed E-state index contributed by atoms with van der Waals surface area (Å²) in [7, 11) is 3.72. The molecule has 0 saturated heterocycles. The average Bonchev–Trinajstić information content (AvgIpc) is 2.16. The fourth-order valence-electron chi connectivity index (χ4n) is 1.26. The first-order chi connectivity index (χ1) is 7.49. The van der Waals surface area contributed by atoms with Crippen LogP contribution in [0, 0.1) is 0 Å². The van der Waals surface area contributed by atoms with E-state index in [0.29, 0.717) is 12.1 Å². The molecule has 1 aromatic carbocycles. The highest BCUT2D eigenvalue weighted by molar-refractivity contribution is 7.80. The molecule has 0 amide bonds. The Hall–Kier alpha value is -1.46. The van der Waals surface area contributed by atoms with E-state index < -0.39 is 0 Å². The number of anilines is 1. The van der Waals surface area contributed by atoms with Crippen LogP contribution in [-0.2, 0) is 0 Å².